The van der Waals surface area contributed by atoms with Crippen LogP contribution in [0.15, 0.2) is 54.6 Å². The summed E-state index contributed by atoms with van der Waals surface area (Å²) in [6.07, 6.45) is -4.68. The quantitative estimate of drug-likeness (QED) is 0.641. The van der Waals surface area contributed by atoms with E-state index in [1.807, 2.05) is 6.07 Å². The molecule has 0 unspecified atom stereocenters. The maximum Gasteiger partial charge on any atom is 0.419 e. The van der Waals surface area contributed by atoms with E-state index in [9.17, 15) is 22.8 Å². The van der Waals surface area contributed by atoms with E-state index < -0.39 is 23.5 Å². The molecule has 2 aromatic rings. The highest BCUT2D eigenvalue weighted by Crippen LogP contribution is 2.35. The second-order valence-corrected chi connectivity index (χ2v) is 5.23. The number of hydrogen-bond acceptors (Lipinski definition) is 3. The third kappa shape index (κ3) is 5.95. The number of ether oxygens (including phenoxy) is 1. The van der Waals surface area contributed by atoms with Crippen molar-refractivity contribution < 1.29 is 27.5 Å². The van der Waals surface area contributed by atoms with Crippen LogP contribution in [0.4, 0.5) is 13.2 Å². The van der Waals surface area contributed by atoms with Gasteiger partial charge in [0, 0.05) is 6.54 Å². The van der Waals surface area contributed by atoms with Crippen molar-refractivity contribution in [3.63, 3.8) is 0 Å². The molecule has 7 heteroatoms. The Morgan fingerprint density at radius 2 is 1.60 bits per heavy atom. The number of nitrogens with one attached hydrogen (secondary N) is 1. The second kappa shape index (κ2) is 8.32. The van der Waals surface area contributed by atoms with Crippen LogP contribution in [0.2, 0.25) is 0 Å². The van der Waals surface area contributed by atoms with Gasteiger partial charge in [-0.15, -0.1) is 0 Å². The molecule has 4 nitrogen and oxygen atoms in total. The number of alkyl halides is 3. The molecule has 0 aliphatic heterocycles. The van der Waals surface area contributed by atoms with Gasteiger partial charge in [0.05, 0.1) is 18.4 Å². The van der Waals surface area contributed by atoms with Crippen molar-refractivity contribution in [2.45, 2.75) is 19.0 Å². The first-order valence-electron chi connectivity index (χ1n) is 7.54. The fraction of sp³-hybridized carbons (Fsp3) is 0.222. The molecule has 0 saturated heterocycles. The van der Waals surface area contributed by atoms with Gasteiger partial charge in [-0.25, -0.2) is 0 Å². The molecule has 0 aliphatic rings. The van der Waals surface area contributed by atoms with Crippen molar-refractivity contribution in [2.75, 3.05) is 6.54 Å². The average Bonchev–Trinajstić information content (AvgIpc) is 2.55. The van der Waals surface area contributed by atoms with E-state index >= 15 is 0 Å². The fourth-order valence-corrected chi connectivity index (χ4v) is 2.11. The summed E-state index contributed by atoms with van der Waals surface area (Å²) in [4.78, 5) is 23.4. The van der Waals surface area contributed by atoms with Crippen molar-refractivity contribution in [3.05, 3.63) is 65.7 Å². The Bertz CT molecular complexity index is 730. The molecule has 0 radical (unpaired) electrons. The van der Waals surface area contributed by atoms with Crippen LogP contribution in [0, 0.1) is 0 Å². The maximum atomic E-state index is 12.8. The minimum Gasteiger partial charge on any atom is -0.426 e. The van der Waals surface area contributed by atoms with Crippen LogP contribution in [-0.4, -0.2) is 18.4 Å². The van der Waals surface area contributed by atoms with E-state index in [1.54, 1.807) is 24.3 Å². The van der Waals surface area contributed by atoms with E-state index in [4.69, 9.17) is 4.74 Å². The Morgan fingerprint density at radius 1 is 0.960 bits per heavy atom. The number of hydrogen-bond donors (Lipinski definition) is 1. The van der Waals surface area contributed by atoms with Crippen LogP contribution in [-0.2, 0) is 22.2 Å². The molecule has 0 saturated carbocycles. The van der Waals surface area contributed by atoms with E-state index in [0.29, 0.717) is 0 Å². The second-order valence-electron chi connectivity index (χ2n) is 5.23. The zero-order chi connectivity index (χ0) is 18.3. The van der Waals surface area contributed by atoms with Gasteiger partial charge in [0.15, 0.2) is 0 Å². The molecule has 0 fully saturated rings. The summed E-state index contributed by atoms with van der Waals surface area (Å²) in [5, 5.41) is 2.53. The Morgan fingerprint density at radius 3 is 2.28 bits per heavy atom. The molecular weight excluding hydrogens is 335 g/mol. The minimum absolute atomic E-state index is 0.0152. The van der Waals surface area contributed by atoms with E-state index in [0.717, 1.165) is 17.7 Å². The number of amides is 1. The lowest BCUT2D eigenvalue weighted by Gasteiger charge is -2.12. The van der Waals surface area contributed by atoms with E-state index in [2.05, 4.69) is 5.32 Å². The van der Waals surface area contributed by atoms with Crippen LogP contribution >= 0.6 is 0 Å². The molecule has 0 bridgehead atoms. The first-order valence-corrected chi connectivity index (χ1v) is 7.54. The number of rotatable bonds is 6. The summed E-state index contributed by atoms with van der Waals surface area (Å²) in [6.45, 7) is -0.0152. The van der Waals surface area contributed by atoms with Gasteiger partial charge in [-0.1, -0.05) is 42.5 Å². The fourth-order valence-electron chi connectivity index (χ4n) is 2.11. The van der Waals surface area contributed by atoms with Crippen LogP contribution in [0.5, 0.6) is 5.75 Å². The van der Waals surface area contributed by atoms with Gasteiger partial charge < -0.3 is 10.1 Å². The zero-order valence-corrected chi connectivity index (χ0v) is 13.2. The average molecular weight is 351 g/mol. The van der Waals surface area contributed by atoms with Crippen molar-refractivity contribution in [1.29, 1.82) is 0 Å². The first-order chi connectivity index (χ1) is 11.9. The molecule has 2 aromatic carbocycles. The summed E-state index contributed by atoms with van der Waals surface area (Å²) in [6, 6.07) is 13.5. The number of esters is 1. The largest absolute Gasteiger partial charge is 0.426 e. The Balaban J connectivity index is 1.81. The van der Waals surface area contributed by atoms with Gasteiger partial charge in [-0.05, 0) is 17.7 Å². The Hall–Kier alpha value is -2.83. The third-order valence-corrected chi connectivity index (χ3v) is 3.28. The van der Waals surface area contributed by atoms with Gasteiger partial charge in [-0.2, -0.15) is 13.2 Å². The van der Waals surface area contributed by atoms with Gasteiger partial charge in [0.1, 0.15) is 5.75 Å². The topological polar surface area (TPSA) is 55.4 Å². The number of carbonyl (C=O) groups is 2. The van der Waals surface area contributed by atoms with Gasteiger partial charge >= 0.3 is 12.1 Å². The monoisotopic (exact) mass is 351 g/mol. The number of carbonyl (C=O) groups excluding carboxylic acids is 2. The summed E-state index contributed by atoms with van der Waals surface area (Å²) >= 11 is 0. The van der Waals surface area contributed by atoms with E-state index in [-0.39, 0.29) is 25.3 Å². The molecular formula is C18H16F3NO3. The Kier molecular flexibility index (Phi) is 6.16. The molecule has 0 spiro atoms. The van der Waals surface area contributed by atoms with E-state index in [1.165, 1.54) is 12.1 Å². The molecule has 25 heavy (non-hydrogen) atoms. The molecule has 1 N–H and O–H groups in total. The SMILES string of the molecule is O=C(Cc1ccccc1)NCCC(=O)Oc1ccccc1C(F)(F)F. The number of para-hydroxylation sites is 1. The highest BCUT2D eigenvalue weighted by molar-refractivity contribution is 5.79. The van der Waals surface area contributed by atoms with Crippen molar-refractivity contribution in [3.8, 4) is 5.75 Å². The van der Waals surface area contributed by atoms with Crippen LogP contribution < -0.4 is 10.1 Å². The summed E-state index contributed by atoms with van der Waals surface area (Å²) in [5.41, 5.74) is -0.196. The predicted molar refractivity (Wildman–Crippen MR) is 84.9 cm³/mol. The highest BCUT2D eigenvalue weighted by Gasteiger charge is 2.34. The molecule has 0 aliphatic carbocycles. The summed E-state index contributed by atoms with van der Waals surface area (Å²) < 4.78 is 43.2. The lowest BCUT2D eigenvalue weighted by Crippen LogP contribution is -2.28. The molecule has 2 rings (SSSR count). The normalized spacial score (nSPS) is 11.0. The van der Waals surface area contributed by atoms with Crippen LogP contribution in [0.1, 0.15) is 17.5 Å². The van der Waals surface area contributed by atoms with Gasteiger partial charge in [0.25, 0.3) is 0 Å². The van der Waals surface area contributed by atoms with Crippen LogP contribution in [0.3, 0.4) is 0 Å². The number of benzene rings is 2. The third-order valence-electron chi connectivity index (χ3n) is 3.28. The maximum absolute atomic E-state index is 12.8. The standard InChI is InChI=1S/C18H16F3NO3/c19-18(20,21)14-8-4-5-9-15(14)25-17(24)10-11-22-16(23)12-13-6-2-1-3-7-13/h1-9H,10-12H2,(H,22,23). The predicted octanol–water partition coefficient (Wildman–Crippen LogP) is 3.36. The zero-order valence-electron chi connectivity index (χ0n) is 13.2. The molecule has 0 aromatic heterocycles. The molecule has 1 amide bonds. The summed E-state index contributed by atoms with van der Waals surface area (Å²) in [5.74, 6) is -1.68. The summed E-state index contributed by atoms with van der Waals surface area (Å²) in [7, 11) is 0. The first kappa shape index (κ1) is 18.5. The van der Waals surface area contributed by atoms with Gasteiger partial charge in [0.2, 0.25) is 5.91 Å². The smallest absolute Gasteiger partial charge is 0.419 e. The van der Waals surface area contributed by atoms with Crippen LogP contribution in [0.25, 0.3) is 0 Å². The number of halogens is 3. The van der Waals surface area contributed by atoms with Crippen molar-refractivity contribution in [2.24, 2.45) is 0 Å². The van der Waals surface area contributed by atoms with Crippen molar-refractivity contribution >= 4 is 11.9 Å². The minimum atomic E-state index is -4.61. The Labute approximate surface area is 142 Å². The molecule has 0 heterocycles. The lowest BCUT2D eigenvalue weighted by molar-refractivity contribution is -0.142. The highest BCUT2D eigenvalue weighted by atomic mass is 19.4. The van der Waals surface area contributed by atoms with Gasteiger partial charge in [-0.3, -0.25) is 9.59 Å². The van der Waals surface area contributed by atoms with Crippen molar-refractivity contribution in [1.82, 2.24) is 5.32 Å². The molecule has 132 valence electrons. The lowest BCUT2D eigenvalue weighted by atomic mass is 10.1. The molecule has 0 atom stereocenters.